The maximum absolute atomic E-state index is 11.8. The summed E-state index contributed by atoms with van der Waals surface area (Å²) >= 11 is 2.12. The van der Waals surface area contributed by atoms with Crippen molar-refractivity contribution in [3.8, 4) is 11.8 Å². The minimum Gasteiger partial charge on any atom is -0.464 e. The van der Waals surface area contributed by atoms with E-state index in [9.17, 15) is 4.79 Å². The predicted molar refractivity (Wildman–Crippen MR) is 86.4 cm³/mol. The summed E-state index contributed by atoms with van der Waals surface area (Å²) in [6, 6.07) is 9.17. The molecule has 6 heteroatoms. The first kappa shape index (κ1) is 15.5. The molecular weight excluding hydrogens is 381 g/mol. The second-order valence-electron chi connectivity index (χ2n) is 4.76. The largest absolute Gasteiger partial charge is 0.464 e. The fourth-order valence-corrected chi connectivity index (χ4v) is 3.19. The van der Waals surface area contributed by atoms with Crippen LogP contribution < -0.4 is 0 Å². The van der Waals surface area contributed by atoms with Gasteiger partial charge in [0.25, 0.3) is 0 Å². The third-order valence-corrected chi connectivity index (χ3v) is 4.09. The molecule has 0 bridgehead atoms. The van der Waals surface area contributed by atoms with Crippen molar-refractivity contribution in [2.24, 2.45) is 0 Å². The summed E-state index contributed by atoms with van der Waals surface area (Å²) in [7, 11) is 1.34. The van der Waals surface area contributed by atoms with Crippen molar-refractivity contribution in [1.29, 1.82) is 5.26 Å². The van der Waals surface area contributed by atoms with E-state index < -0.39 is 5.97 Å². The van der Waals surface area contributed by atoms with Crippen LogP contribution in [0.3, 0.4) is 0 Å². The Balaban J connectivity index is 2.61. The molecule has 1 aromatic heterocycles. The van der Waals surface area contributed by atoms with Crippen molar-refractivity contribution >= 4 is 28.6 Å². The fraction of sp³-hybridized carbons (Fsp3) is 0.267. The molecule has 21 heavy (non-hydrogen) atoms. The highest BCUT2D eigenvalue weighted by Gasteiger charge is 2.24. The van der Waals surface area contributed by atoms with Crippen LogP contribution in [0.5, 0.6) is 0 Å². The summed E-state index contributed by atoms with van der Waals surface area (Å²) in [6.07, 6.45) is 0. The molecule has 0 radical (unpaired) electrons. The molecule has 0 spiro atoms. The Hall–Kier alpha value is -1.88. The molecule has 1 heterocycles. The normalized spacial score (nSPS) is 10.5. The van der Waals surface area contributed by atoms with Crippen molar-refractivity contribution in [3.63, 3.8) is 0 Å². The van der Waals surface area contributed by atoms with E-state index in [1.165, 1.54) is 7.11 Å². The first-order valence-corrected chi connectivity index (χ1v) is 7.44. The summed E-state index contributed by atoms with van der Waals surface area (Å²) in [6.45, 7) is 4.08. The molecule has 0 aliphatic rings. The highest BCUT2D eigenvalue weighted by atomic mass is 127. The van der Waals surface area contributed by atoms with Crippen LogP contribution in [0.4, 0.5) is 0 Å². The molecule has 2 aromatic rings. The van der Waals surface area contributed by atoms with Gasteiger partial charge in [-0.3, -0.25) is 0 Å². The molecule has 0 saturated carbocycles. The Morgan fingerprint density at radius 1 is 1.38 bits per heavy atom. The number of hydrogen-bond donors (Lipinski definition) is 0. The van der Waals surface area contributed by atoms with Crippen molar-refractivity contribution in [1.82, 2.24) is 9.78 Å². The smallest absolute Gasteiger partial charge is 0.359 e. The van der Waals surface area contributed by atoms with Crippen molar-refractivity contribution in [2.45, 2.75) is 19.8 Å². The first-order valence-electron chi connectivity index (χ1n) is 6.36. The number of carbonyl (C=O) groups is 1. The van der Waals surface area contributed by atoms with Crippen LogP contribution in [-0.4, -0.2) is 22.9 Å². The standard InChI is InChI=1S/C15H14IN3O2/c1-9(2)14-12(16)13(15(20)21-3)18-19(14)11-6-4-10(8-17)5-7-11/h4-7,9H,1-3H3. The second kappa shape index (κ2) is 6.26. The number of carbonyl (C=O) groups excluding carboxylic acids is 1. The van der Waals surface area contributed by atoms with Gasteiger partial charge in [0.05, 0.1) is 33.7 Å². The van der Waals surface area contributed by atoms with Gasteiger partial charge in [-0.05, 0) is 52.8 Å². The molecule has 0 aliphatic heterocycles. The van der Waals surface area contributed by atoms with Crippen LogP contribution in [0.2, 0.25) is 0 Å². The average Bonchev–Trinajstić information content (AvgIpc) is 2.84. The molecule has 0 aliphatic carbocycles. The van der Waals surface area contributed by atoms with Gasteiger partial charge in [0.2, 0.25) is 0 Å². The van der Waals surface area contributed by atoms with Gasteiger partial charge in [0.1, 0.15) is 0 Å². The van der Waals surface area contributed by atoms with Crippen LogP contribution in [0.1, 0.15) is 41.5 Å². The van der Waals surface area contributed by atoms with Crippen molar-refractivity contribution < 1.29 is 9.53 Å². The van der Waals surface area contributed by atoms with Gasteiger partial charge in [-0.2, -0.15) is 10.4 Å². The summed E-state index contributed by atoms with van der Waals surface area (Å²) in [4.78, 5) is 11.8. The van der Waals surface area contributed by atoms with Gasteiger partial charge >= 0.3 is 5.97 Å². The van der Waals surface area contributed by atoms with E-state index in [0.29, 0.717) is 11.3 Å². The van der Waals surface area contributed by atoms with E-state index >= 15 is 0 Å². The Labute approximate surface area is 136 Å². The summed E-state index contributed by atoms with van der Waals surface area (Å²) in [5.41, 5.74) is 2.65. The van der Waals surface area contributed by atoms with Gasteiger partial charge in [-0.15, -0.1) is 0 Å². The average molecular weight is 395 g/mol. The Kier molecular flexibility index (Phi) is 4.63. The van der Waals surface area contributed by atoms with E-state index in [0.717, 1.165) is 15.0 Å². The lowest BCUT2D eigenvalue weighted by atomic mass is 10.1. The van der Waals surface area contributed by atoms with E-state index in [1.807, 2.05) is 26.0 Å². The summed E-state index contributed by atoms with van der Waals surface area (Å²) in [5, 5.41) is 13.2. The monoisotopic (exact) mass is 395 g/mol. The number of halogens is 1. The van der Waals surface area contributed by atoms with Crippen LogP contribution >= 0.6 is 22.6 Å². The number of esters is 1. The van der Waals surface area contributed by atoms with Gasteiger partial charge in [-0.1, -0.05) is 13.8 Å². The van der Waals surface area contributed by atoms with E-state index in [4.69, 9.17) is 10.00 Å². The molecule has 5 nitrogen and oxygen atoms in total. The predicted octanol–water partition coefficient (Wildman–Crippen LogP) is 3.26. The van der Waals surface area contributed by atoms with Crippen LogP contribution in [0, 0.1) is 14.9 Å². The SMILES string of the molecule is COC(=O)c1nn(-c2ccc(C#N)cc2)c(C(C)C)c1I. The first-order chi connectivity index (χ1) is 9.99. The molecule has 0 fully saturated rings. The molecule has 0 atom stereocenters. The zero-order valence-corrected chi connectivity index (χ0v) is 14.1. The third-order valence-electron chi connectivity index (χ3n) is 3.03. The molecule has 1 aromatic carbocycles. The molecule has 0 N–H and O–H groups in total. The number of rotatable bonds is 3. The van der Waals surface area contributed by atoms with Gasteiger partial charge in [0, 0.05) is 0 Å². The molecule has 0 saturated heterocycles. The lowest BCUT2D eigenvalue weighted by molar-refractivity contribution is 0.0592. The van der Waals surface area contributed by atoms with Gasteiger partial charge in [0.15, 0.2) is 5.69 Å². The molecule has 0 unspecified atom stereocenters. The highest BCUT2D eigenvalue weighted by molar-refractivity contribution is 14.1. The number of methoxy groups -OCH3 is 1. The van der Waals surface area contributed by atoms with Crippen LogP contribution in [-0.2, 0) is 4.74 Å². The highest BCUT2D eigenvalue weighted by Crippen LogP contribution is 2.27. The number of ether oxygens (including phenoxy) is 1. The molecule has 2 rings (SSSR count). The topological polar surface area (TPSA) is 67.9 Å². The number of hydrogen-bond acceptors (Lipinski definition) is 4. The van der Waals surface area contributed by atoms with Crippen molar-refractivity contribution in [2.75, 3.05) is 7.11 Å². The maximum Gasteiger partial charge on any atom is 0.359 e. The van der Waals surface area contributed by atoms with Gasteiger partial charge < -0.3 is 4.74 Å². The van der Waals surface area contributed by atoms with Gasteiger partial charge in [-0.25, -0.2) is 9.48 Å². The molecular formula is C15H14IN3O2. The van der Waals surface area contributed by atoms with Crippen molar-refractivity contribution in [3.05, 3.63) is 44.8 Å². The van der Waals surface area contributed by atoms with Crippen LogP contribution in [0.15, 0.2) is 24.3 Å². The number of nitrogens with zero attached hydrogens (tertiary/aromatic N) is 3. The minimum absolute atomic E-state index is 0.193. The fourth-order valence-electron chi connectivity index (χ4n) is 2.01. The Morgan fingerprint density at radius 2 is 2.00 bits per heavy atom. The van der Waals surface area contributed by atoms with Crippen LogP contribution in [0.25, 0.3) is 5.69 Å². The minimum atomic E-state index is -0.450. The number of benzene rings is 1. The number of aromatic nitrogens is 2. The third kappa shape index (κ3) is 2.93. The Morgan fingerprint density at radius 3 is 2.48 bits per heavy atom. The lowest BCUT2D eigenvalue weighted by Crippen LogP contribution is -2.06. The van der Waals surface area contributed by atoms with E-state index in [2.05, 4.69) is 33.8 Å². The zero-order valence-electron chi connectivity index (χ0n) is 11.9. The summed E-state index contributed by atoms with van der Waals surface area (Å²) in [5.74, 6) is -0.257. The zero-order chi connectivity index (χ0) is 15.6. The van der Waals surface area contributed by atoms with E-state index in [-0.39, 0.29) is 5.92 Å². The molecule has 108 valence electrons. The summed E-state index contributed by atoms with van der Waals surface area (Å²) < 4.78 is 7.30. The lowest BCUT2D eigenvalue weighted by Gasteiger charge is -2.10. The maximum atomic E-state index is 11.8. The Bertz CT molecular complexity index is 712. The second-order valence-corrected chi connectivity index (χ2v) is 5.84. The molecule has 0 amide bonds. The van der Waals surface area contributed by atoms with E-state index in [1.54, 1.807) is 16.8 Å². The quantitative estimate of drug-likeness (QED) is 0.591. The number of nitriles is 1.